The molecule has 0 aromatic heterocycles. The molecule has 0 nitrogen and oxygen atoms in total. The van der Waals surface area contributed by atoms with Gasteiger partial charge < -0.3 is 0 Å². The van der Waals surface area contributed by atoms with E-state index in [4.69, 9.17) is 0 Å². The minimum atomic E-state index is 0.273. The van der Waals surface area contributed by atoms with Crippen LogP contribution in [0.1, 0.15) is 44.4 Å². The Morgan fingerprint density at radius 3 is 1.79 bits per heavy atom. The topological polar surface area (TPSA) is 0 Å². The van der Waals surface area contributed by atoms with Gasteiger partial charge in [-0.25, -0.2) is 0 Å². The fourth-order valence-corrected chi connectivity index (χ4v) is 2.12. The van der Waals surface area contributed by atoms with Crippen molar-refractivity contribution in [3.63, 3.8) is 0 Å². The largest absolute Gasteiger partial charge is 0.0619 e. The van der Waals surface area contributed by atoms with Crippen LogP contribution in [0.15, 0.2) is 18.2 Å². The van der Waals surface area contributed by atoms with Crippen LogP contribution in [0.25, 0.3) is 0 Å². The van der Waals surface area contributed by atoms with Crippen LogP contribution < -0.4 is 0 Å². The third-order valence-electron chi connectivity index (χ3n) is 3.57. The predicted octanol–water partition coefficient (Wildman–Crippen LogP) is 4.24. The molecular weight excluding hydrogens is 168 g/mol. The summed E-state index contributed by atoms with van der Waals surface area (Å²) in [7, 11) is 0. The monoisotopic (exact) mass is 190 g/mol. The molecule has 0 atom stereocenters. The van der Waals surface area contributed by atoms with E-state index in [0.29, 0.717) is 5.92 Å². The Bertz CT molecular complexity index is 299. The van der Waals surface area contributed by atoms with Crippen molar-refractivity contribution >= 4 is 0 Å². The highest BCUT2D eigenvalue weighted by molar-refractivity contribution is 5.39. The van der Waals surface area contributed by atoms with Crippen LogP contribution in [0, 0.1) is 19.8 Å². The van der Waals surface area contributed by atoms with Crippen LogP contribution in [-0.4, -0.2) is 0 Å². The Morgan fingerprint density at radius 2 is 1.43 bits per heavy atom. The summed E-state index contributed by atoms with van der Waals surface area (Å²) >= 11 is 0. The molecular formula is C14H22. The lowest BCUT2D eigenvalue weighted by molar-refractivity contribution is 0.369. The van der Waals surface area contributed by atoms with Gasteiger partial charge in [0.15, 0.2) is 0 Å². The molecule has 0 heteroatoms. The number of hydrogen-bond donors (Lipinski definition) is 0. The highest BCUT2D eigenvalue weighted by Gasteiger charge is 2.27. The predicted molar refractivity (Wildman–Crippen MR) is 63.8 cm³/mol. The summed E-state index contributed by atoms with van der Waals surface area (Å²) in [4.78, 5) is 0. The van der Waals surface area contributed by atoms with Gasteiger partial charge in [-0.05, 0) is 41.9 Å². The van der Waals surface area contributed by atoms with E-state index in [9.17, 15) is 0 Å². The van der Waals surface area contributed by atoms with E-state index in [-0.39, 0.29) is 5.41 Å². The van der Waals surface area contributed by atoms with Gasteiger partial charge in [0.05, 0.1) is 0 Å². The zero-order valence-electron chi connectivity index (χ0n) is 10.3. The molecule has 14 heavy (non-hydrogen) atoms. The fourth-order valence-electron chi connectivity index (χ4n) is 2.12. The molecule has 0 heterocycles. The van der Waals surface area contributed by atoms with Gasteiger partial charge in [0, 0.05) is 0 Å². The van der Waals surface area contributed by atoms with Crippen molar-refractivity contribution in [1.82, 2.24) is 0 Å². The van der Waals surface area contributed by atoms with E-state index >= 15 is 0 Å². The SMILES string of the molecule is Cc1cccc(C)c1C(C)(C)C(C)C. The van der Waals surface area contributed by atoms with Crippen LogP contribution in [-0.2, 0) is 5.41 Å². The molecule has 1 aromatic carbocycles. The van der Waals surface area contributed by atoms with Crippen molar-refractivity contribution in [3.8, 4) is 0 Å². The minimum absolute atomic E-state index is 0.273. The Kier molecular flexibility index (Phi) is 3.04. The maximum atomic E-state index is 2.34. The molecule has 0 radical (unpaired) electrons. The zero-order chi connectivity index (χ0) is 10.9. The zero-order valence-corrected chi connectivity index (χ0v) is 10.3. The molecule has 1 aromatic rings. The number of rotatable bonds is 2. The normalized spacial score (nSPS) is 12.2. The van der Waals surface area contributed by atoms with Gasteiger partial charge in [-0.15, -0.1) is 0 Å². The molecule has 78 valence electrons. The van der Waals surface area contributed by atoms with E-state index in [1.54, 1.807) is 0 Å². The highest BCUT2D eigenvalue weighted by Crippen LogP contribution is 2.35. The standard InChI is InChI=1S/C14H22/c1-10(2)14(5,6)13-11(3)8-7-9-12(13)4/h7-10H,1-6H3. The molecule has 0 aliphatic carbocycles. The van der Waals surface area contributed by atoms with Crippen LogP contribution in [0.2, 0.25) is 0 Å². The Morgan fingerprint density at radius 1 is 1.00 bits per heavy atom. The van der Waals surface area contributed by atoms with Gasteiger partial charge in [-0.1, -0.05) is 45.9 Å². The van der Waals surface area contributed by atoms with Gasteiger partial charge in [0.1, 0.15) is 0 Å². The van der Waals surface area contributed by atoms with Gasteiger partial charge in [-0.2, -0.15) is 0 Å². The van der Waals surface area contributed by atoms with Gasteiger partial charge in [0.2, 0.25) is 0 Å². The summed E-state index contributed by atoms with van der Waals surface area (Å²) in [6.07, 6.45) is 0. The molecule has 0 aliphatic rings. The lowest BCUT2D eigenvalue weighted by atomic mass is 9.72. The van der Waals surface area contributed by atoms with Crippen molar-refractivity contribution in [1.29, 1.82) is 0 Å². The summed E-state index contributed by atoms with van der Waals surface area (Å²) in [6.45, 7) is 13.7. The Hall–Kier alpha value is -0.780. The first-order valence-corrected chi connectivity index (χ1v) is 5.44. The number of aryl methyl sites for hydroxylation is 2. The van der Waals surface area contributed by atoms with Gasteiger partial charge >= 0.3 is 0 Å². The second-order valence-electron chi connectivity index (χ2n) is 5.14. The van der Waals surface area contributed by atoms with E-state index in [1.165, 1.54) is 16.7 Å². The maximum Gasteiger partial charge on any atom is -0.00753 e. The van der Waals surface area contributed by atoms with Crippen LogP contribution in [0.3, 0.4) is 0 Å². The molecule has 0 unspecified atom stereocenters. The lowest BCUT2D eigenvalue weighted by Gasteiger charge is -2.33. The summed E-state index contributed by atoms with van der Waals surface area (Å²) in [5, 5.41) is 0. The van der Waals surface area contributed by atoms with Gasteiger partial charge in [0.25, 0.3) is 0 Å². The molecule has 0 bridgehead atoms. The van der Waals surface area contributed by atoms with Crippen LogP contribution >= 0.6 is 0 Å². The van der Waals surface area contributed by atoms with Crippen molar-refractivity contribution in [2.24, 2.45) is 5.92 Å². The van der Waals surface area contributed by atoms with E-state index in [0.717, 1.165) is 0 Å². The first-order chi connectivity index (χ1) is 6.37. The third-order valence-corrected chi connectivity index (χ3v) is 3.57. The first-order valence-electron chi connectivity index (χ1n) is 5.44. The van der Waals surface area contributed by atoms with Crippen molar-refractivity contribution in [3.05, 3.63) is 34.9 Å². The third kappa shape index (κ3) is 1.84. The second-order valence-corrected chi connectivity index (χ2v) is 5.14. The summed E-state index contributed by atoms with van der Waals surface area (Å²) < 4.78 is 0. The summed E-state index contributed by atoms with van der Waals surface area (Å²) in [5.74, 6) is 0.669. The maximum absolute atomic E-state index is 2.34. The lowest BCUT2D eigenvalue weighted by Crippen LogP contribution is -2.26. The quantitative estimate of drug-likeness (QED) is 0.654. The number of benzene rings is 1. The summed E-state index contributed by atoms with van der Waals surface area (Å²) in [6, 6.07) is 6.57. The first kappa shape index (κ1) is 11.3. The molecule has 0 fully saturated rings. The molecule has 0 spiro atoms. The molecule has 1 rings (SSSR count). The molecule has 0 saturated carbocycles. The van der Waals surface area contributed by atoms with Crippen molar-refractivity contribution in [2.45, 2.75) is 47.0 Å². The molecule has 0 N–H and O–H groups in total. The number of hydrogen-bond acceptors (Lipinski definition) is 0. The second kappa shape index (κ2) is 3.76. The average molecular weight is 190 g/mol. The van der Waals surface area contributed by atoms with Crippen molar-refractivity contribution in [2.75, 3.05) is 0 Å². The van der Waals surface area contributed by atoms with E-state index in [1.807, 2.05) is 0 Å². The molecule has 0 aliphatic heterocycles. The van der Waals surface area contributed by atoms with E-state index in [2.05, 4.69) is 59.7 Å². The summed E-state index contributed by atoms with van der Waals surface area (Å²) in [5.41, 5.74) is 4.64. The minimum Gasteiger partial charge on any atom is -0.0619 e. The molecule has 0 saturated heterocycles. The highest BCUT2D eigenvalue weighted by atomic mass is 14.3. The average Bonchev–Trinajstić information content (AvgIpc) is 2.02. The van der Waals surface area contributed by atoms with Crippen molar-refractivity contribution < 1.29 is 0 Å². The fraction of sp³-hybridized carbons (Fsp3) is 0.571. The van der Waals surface area contributed by atoms with E-state index < -0.39 is 0 Å². The smallest absolute Gasteiger partial charge is 0.00753 e. The van der Waals surface area contributed by atoms with Crippen LogP contribution in [0.4, 0.5) is 0 Å². The molecule has 0 amide bonds. The Balaban J connectivity index is 3.31. The van der Waals surface area contributed by atoms with Crippen LogP contribution in [0.5, 0.6) is 0 Å². The Labute approximate surface area is 88.4 Å². The van der Waals surface area contributed by atoms with Gasteiger partial charge in [-0.3, -0.25) is 0 Å².